The van der Waals surface area contributed by atoms with Crippen molar-refractivity contribution in [1.82, 2.24) is 4.98 Å². The summed E-state index contributed by atoms with van der Waals surface area (Å²) >= 11 is 1.43. The molecule has 0 saturated heterocycles. The number of hydrogen-bond acceptors (Lipinski definition) is 4. The molecule has 3 nitrogen and oxygen atoms in total. The van der Waals surface area contributed by atoms with Gasteiger partial charge in [-0.25, -0.2) is 4.98 Å². The van der Waals surface area contributed by atoms with Crippen molar-refractivity contribution in [2.75, 3.05) is 6.61 Å². The second-order valence-corrected chi connectivity index (χ2v) is 5.59. The Morgan fingerprint density at radius 2 is 2.37 bits per heavy atom. The number of hydrogen-bond donors (Lipinski definition) is 0. The third-order valence-corrected chi connectivity index (χ3v) is 4.36. The molecule has 2 heterocycles. The number of aromatic nitrogens is 1. The van der Waals surface area contributed by atoms with Gasteiger partial charge in [0, 0.05) is 12.8 Å². The van der Waals surface area contributed by atoms with Gasteiger partial charge in [0.1, 0.15) is 5.75 Å². The molecule has 98 valence electrons. The fourth-order valence-electron chi connectivity index (χ4n) is 2.34. The Labute approximate surface area is 116 Å². The molecule has 1 aromatic heterocycles. The van der Waals surface area contributed by atoms with Crippen molar-refractivity contribution < 1.29 is 9.53 Å². The van der Waals surface area contributed by atoms with Gasteiger partial charge in [-0.05, 0) is 30.5 Å². The van der Waals surface area contributed by atoms with Gasteiger partial charge in [-0.3, -0.25) is 4.79 Å². The van der Waals surface area contributed by atoms with Crippen LogP contribution in [0.2, 0.25) is 0 Å². The van der Waals surface area contributed by atoms with E-state index in [0.29, 0.717) is 6.42 Å². The van der Waals surface area contributed by atoms with E-state index in [9.17, 15) is 4.79 Å². The van der Waals surface area contributed by atoms with E-state index in [1.165, 1.54) is 22.5 Å². The van der Waals surface area contributed by atoms with Crippen LogP contribution in [0.4, 0.5) is 0 Å². The minimum absolute atomic E-state index is 0.191. The second kappa shape index (κ2) is 5.13. The van der Waals surface area contributed by atoms with E-state index >= 15 is 0 Å². The van der Waals surface area contributed by atoms with Gasteiger partial charge in [-0.1, -0.05) is 12.1 Å². The highest BCUT2D eigenvalue weighted by Gasteiger charge is 2.14. The lowest BCUT2D eigenvalue weighted by Gasteiger charge is -2.03. The number of ketones is 1. The third kappa shape index (κ3) is 2.54. The average Bonchev–Trinajstić information content (AvgIpc) is 3.03. The van der Waals surface area contributed by atoms with Gasteiger partial charge in [0.15, 0.2) is 5.78 Å². The van der Waals surface area contributed by atoms with Crippen molar-refractivity contribution in [2.45, 2.75) is 26.2 Å². The van der Waals surface area contributed by atoms with E-state index in [4.69, 9.17) is 4.74 Å². The van der Waals surface area contributed by atoms with Crippen LogP contribution in [0.1, 0.15) is 32.9 Å². The molecule has 0 bridgehead atoms. The summed E-state index contributed by atoms with van der Waals surface area (Å²) in [5.41, 5.74) is 5.05. The van der Waals surface area contributed by atoms with Crippen LogP contribution < -0.4 is 4.74 Å². The first-order valence-corrected chi connectivity index (χ1v) is 7.30. The van der Waals surface area contributed by atoms with Crippen LogP contribution in [0.15, 0.2) is 23.7 Å². The number of Topliss-reactive ketones (excluding diaryl/α,β-unsaturated/α-hetero) is 1. The Kier molecular flexibility index (Phi) is 3.34. The van der Waals surface area contributed by atoms with Crippen LogP contribution in [-0.2, 0) is 12.8 Å². The average molecular weight is 273 g/mol. The quantitative estimate of drug-likeness (QED) is 0.803. The van der Waals surface area contributed by atoms with E-state index in [0.717, 1.165) is 35.8 Å². The largest absolute Gasteiger partial charge is 0.493 e. The first-order valence-electron chi connectivity index (χ1n) is 6.42. The number of carbonyl (C=O) groups excluding carboxylic acids is 1. The maximum Gasteiger partial charge on any atom is 0.175 e. The SMILES string of the molecule is Cc1ncsc1C(=O)CCc1ccc2c(c1)CCO2. The van der Waals surface area contributed by atoms with Crippen molar-refractivity contribution in [1.29, 1.82) is 0 Å². The molecule has 2 aromatic rings. The molecule has 1 aliphatic rings. The summed E-state index contributed by atoms with van der Waals surface area (Å²) in [5, 5.41) is 0. The summed E-state index contributed by atoms with van der Waals surface area (Å²) in [7, 11) is 0. The van der Waals surface area contributed by atoms with Gasteiger partial charge in [0.05, 0.1) is 22.7 Å². The first kappa shape index (κ1) is 12.4. The molecule has 1 aliphatic heterocycles. The van der Waals surface area contributed by atoms with Crippen molar-refractivity contribution in [3.8, 4) is 5.75 Å². The molecule has 4 heteroatoms. The number of thiazole rings is 1. The van der Waals surface area contributed by atoms with Gasteiger partial charge < -0.3 is 4.74 Å². The molecular weight excluding hydrogens is 258 g/mol. The minimum atomic E-state index is 0.191. The first-order chi connectivity index (χ1) is 9.24. The smallest absolute Gasteiger partial charge is 0.175 e. The lowest BCUT2D eigenvalue weighted by Crippen LogP contribution is -2.01. The highest BCUT2D eigenvalue weighted by molar-refractivity contribution is 7.11. The molecule has 0 unspecified atom stereocenters. The maximum absolute atomic E-state index is 12.1. The summed E-state index contributed by atoms with van der Waals surface area (Å²) in [6, 6.07) is 6.23. The molecule has 3 rings (SSSR count). The number of fused-ring (bicyclic) bond motifs is 1. The molecule has 0 atom stereocenters. The molecule has 0 radical (unpaired) electrons. The highest BCUT2D eigenvalue weighted by Crippen LogP contribution is 2.26. The summed E-state index contributed by atoms with van der Waals surface area (Å²) in [4.78, 5) is 17.0. The van der Waals surface area contributed by atoms with Gasteiger partial charge in [0.2, 0.25) is 0 Å². The van der Waals surface area contributed by atoms with E-state index in [-0.39, 0.29) is 5.78 Å². The predicted molar refractivity (Wildman–Crippen MR) is 75.1 cm³/mol. The Balaban J connectivity index is 1.66. The highest BCUT2D eigenvalue weighted by atomic mass is 32.1. The molecule has 0 aliphatic carbocycles. The number of benzene rings is 1. The van der Waals surface area contributed by atoms with Crippen LogP contribution in [0.3, 0.4) is 0 Å². The number of nitrogens with zero attached hydrogens (tertiary/aromatic N) is 1. The van der Waals surface area contributed by atoms with E-state index in [1.54, 1.807) is 5.51 Å². The van der Waals surface area contributed by atoms with Crippen molar-refractivity contribution in [3.05, 3.63) is 45.4 Å². The molecule has 19 heavy (non-hydrogen) atoms. The van der Waals surface area contributed by atoms with Crippen molar-refractivity contribution in [2.24, 2.45) is 0 Å². The molecule has 1 aromatic carbocycles. The van der Waals surface area contributed by atoms with Crippen LogP contribution >= 0.6 is 11.3 Å². The maximum atomic E-state index is 12.1. The van der Waals surface area contributed by atoms with Crippen LogP contribution in [0, 0.1) is 6.92 Å². The molecule has 0 amide bonds. The molecule has 0 saturated carbocycles. The van der Waals surface area contributed by atoms with Crippen LogP contribution in [0.25, 0.3) is 0 Å². The lowest BCUT2D eigenvalue weighted by atomic mass is 10.0. The molecule has 0 N–H and O–H groups in total. The van der Waals surface area contributed by atoms with Gasteiger partial charge >= 0.3 is 0 Å². The van der Waals surface area contributed by atoms with E-state index < -0.39 is 0 Å². The van der Waals surface area contributed by atoms with Gasteiger partial charge in [-0.15, -0.1) is 11.3 Å². The molecular formula is C15H15NO2S. The van der Waals surface area contributed by atoms with E-state index in [2.05, 4.69) is 17.1 Å². The molecule has 0 spiro atoms. The van der Waals surface area contributed by atoms with E-state index in [1.807, 2.05) is 13.0 Å². The summed E-state index contributed by atoms with van der Waals surface area (Å²) in [6.45, 7) is 2.66. The predicted octanol–water partition coefficient (Wildman–Crippen LogP) is 3.20. The van der Waals surface area contributed by atoms with Gasteiger partial charge in [0.25, 0.3) is 0 Å². The number of rotatable bonds is 4. The topological polar surface area (TPSA) is 39.2 Å². The Morgan fingerprint density at radius 1 is 1.47 bits per heavy atom. The fourth-order valence-corrected chi connectivity index (χ4v) is 3.11. The number of aryl methyl sites for hydroxylation is 2. The summed E-state index contributed by atoms with van der Waals surface area (Å²) in [6.07, 6.45) is 2.30. The summed E-state index contributed by atoms with van der Waals surface area (Å²) < 4.78 is 5.48. The van der Waals surface area contributed by atoms with Crippen molar-refractivity contribution in [3.63, 3.8) is 0 Å². The second-order valence-electron chi connectivity index (χ2n) is 4.73. The Morgan fingerprint density at radius 3 is 3.16 bits per heavy atom. The van der Waals surface area contributed by atoms with Crippen molar-refractivity contribution >= 4 is 17.1 Å². The van der Waals surface area contributed by atoms with Crippen LogP contribution in [-0.4, -0.2) is 17.4 Å². The monoisotopic (exact) mass is 273 g/mol. The minimum Gasteiger partial charge on any atom is -0.493 e. The normalized spacial score (nSPS) is 13.1. The zero-order chi connectivity index (χ0) is 13.2. The number of ether oxygens (including phenoxy) is 1. The Bertz CT molecular complexity index is 618. The Hall–Kier alpha value is -1.68. The zero-order valence-electron chi connectivity index (χ0n) is 10.8. The molecule has 0 fully saturated rings. The fraction of sp³-hybridized carbons (Fsp3) is 0.333. The third-order valence-electron chi connectivity index (χ3n) is 3.39. The van der Waals surface area contributed by atoms with Crippen LogP contribution in [0.5, 0.6) is 5.75 Å². The number of carbonyl (C=O) groups is 1. The lowest BCUT2D eigenvalue weighted by molar-refractivity contribution is 0.0986. The van der Waals surface area contributed by atoms with Gasteiger partial charge in [-0.2, -0.15) is 0 Å². The zero-order valence-corrected chi connectivity index (χ0v) is 11.6. The standard InChI is InChI=1S/C15H15NO2S/c1-10-15(19-9-16-10)13(17)4-2-11-3-5-14-12(8-11)6-7-18-14/h3,5,8-9H,2,4,6-7H2,1H3. The summed E-state index contributed by atoms with van der Waals surface area (Å²) in [5.74, 6) is 1.19.